The Morgan fingerprint density at radius 1 is 1.03 bits per heavy atom. The quantitative estimate of drug-likeness (QED) is 0.532. The van der Waals surface area contributed by atoms with E-state index in [-0.39, 0.29) is 11.5 Å². The number of likely N-dealkylation sites (tertiary alicyclic amines) is 1. The van der Waals surface area contributed by atoms with E-state index in [0.717, 1.165) is 42.6 Å². The second kappa shape index (κ2) is 8.22. The summed E-state index contributed by atoms with van der Waals surface area (Å²) in [6.07, 6.45) is 5.59. The topological polar surface area (TPSA) is 87.3 Å². The molecule has 7 nitrogen and oxygen atoms in total. The zero-order valence-electron chi connectivity index (χ0n) is 21.7. The van der Waals surface area contributed by atoms with Crippen molar-refractivity contribution in [2.45, 2.75) is 70.6 Å². The highest BCUT2D eigenvalue weighted by Crippen LogP contribution is 2.50. The van der Waals surface area contributed by atoms with Crippen molar-refractivity contribution in [2.24, 2.45) is 5.41 Å². The predicted molar refractivity (Wildman–Crippen MR) is 136 cm³/mol. The molecule has 5 rings (SSSR count). The first-order valence-corrected chi connectivity index (χ1v) is 12.6. The minimum Gasteiger partial charge on any atom is -0.382 e. The summed E-state index contributed by atoms with van der Waals surface area (Å²) in [5, 5.41) is 27.9. The molecule has 186 valence electrons. The third-order valence-electron chi connectivity index (χ3n) is 7.59. The van der Waals surface area contributed by atoms with Crippen LogP contribution in [0.4, 0.5) is 0 Å². The highest BCUT2D eigenvalue weighted by Gasteiger charge is 2.55. The van der Waals surface area contributed by atoms with Gasteiger partial charge in [0.15, 0.2) is 11.6 Å². The first kappa shape index (κ1) is 24.1. The van der Waals surface area contributed by atoms with Crippen molar-refractivity contribution >= 4 is 0 Å². The lowest BCUT2D eigenvalue weighted by Crippen LogP contribution is -2.63. The molecule has 3 aromatic rings. The number of hydrogen-bond donors (Lipinski definition) is 2. The van der Waals surface area contributed by atoms with Crippen molar-refractivity contribution in [3.8, 4) is 11.4 Å². The monoisotopic (exact) mass is 475 g/mol. The van der Waals surface area contributed by atoms with Gasteiger partial charge in [-0.2, -0.15) is 5.10 Å². The Morgan fingerprint density at radius 2 is 1.69 bits per heavy atom. The summed E-state index contributed by atoms with van der Waals surface area (Å²) in [4.78, 5) is 11.5. The minimum atomic E-state index is -1.23. The fourth-order valence-electron chi connectivity index (χ4n) is 5.54. The van der Waals surface area contributed by atoms with E-state index >= 15 is 0 Å². The molecule has 1 unspecified atom stereocenters. The van der Waals surface area contributed by atoms with Crippen molar-refractivity contribution in [2.75, 3.05) is 20.1 Å². The number of aromatic nitrogens is 4. The van der Waals surface area contributed by atoms with Gasteiger partial charge < -0.3 is 15.1 Å². The standard InChI is InChI=1S/C28H37N5O2/c1-18(2)19-7-9-21(10-8-19)28(35,27(5)16-32(6)17-27)22-13-20(14-29-15-22)24-30-25(26(3,4)34)33(31-24)23-11-12-23/h7-10,13-15,18,23,34-35H,11-12,16-17H2,1-6H3. The van der Waals surface area contributed by atoms with Crippen LogP contribution in [-0.4, -0.2) is 55.0 Å². The molecule has 0 bridgehead atoms. The lowest BCUT2D eigenvalue weighted by molar-refractivity contribution is -0.127. The molecule has 0 spiro atoms. The average molecular weight is 476 g/mol. The van der Waals surface area contributed by atoms with Crippen LogP contribution in [0.5, 0.6) is 0 Å². The van der Waals surface area contributed by atoms with Gasteiger partial charge in [-0.3, -0.25) is 4.98 Å². The largest absolute Gasteiger partial charge is 0.382 e. The third-order valence-corrected chi connectivity index (χ3v) is 7.59. The van der Waals surface area contributed by atoms with Crippen LogP contribution >= 0.6 is 0 Å². The lowest BCUT2D eigenvalue weighted by atomic mass is 9.62. The van der Waals surface area contributed by atoms with E-state index in [4.69, 9.17) is 10.1 Å². The Labute approximate surface area is 207 Å². The van der Waals surface area contributed by atoms with Gasteiger partial charge in [-0.25, -0.2) is 9.67 Å². The molecule has 2 N–H and O–H groups in total. The number of hydrogen-bond acceptors (Lipinski definition) is 6. The summed E-state index contributed by atoms with van der Waals surface area (Å²) in [5.41, 5.74) is 0.882. The van der Waals surface area contributed by atoms with Crippen molar-refractivity contribution in [3.05, 3.63) is 65.2 Å². The Morgan fingerprint density at radius 3 is 2.23 bits per heavy atom. The van der Waals surface area contributed by atoms with Crippen LogP contribution in [-0.2, 0) is 11.2 Å². The summed E-state index contributed by atoms with van der Waals surface area (Å²) in [7, 11) is 2.07. The van der Waals surface area contributed by atoms with E-state index in [0.29, 0.717) is 17.6 Å². The van der Waals surface area contributed by atoms with Crippen LogP contribution < -0.4 is 0 Å². The molecular weight excluding hydrogens is 438 g/mol. The molecular formula is C28H37N5O2. The zero-order valence-corrected chi connectivity index (χ0v) is 21.7. The molecule has 1 saturated heterocycles. The van der Waals surface area contributed by atoms with Gasteiger partial charge in [-0.15, -0.1) is 0 Å². The zero-order chi connectivity index (χ0) is 25.2. The minimum absolute atomic E-state index is 0.287. The highest BCUT2D eigenvalue weighted by molar-refractivity contribution is 5.56. The van der Waals surface area contributed by atoms with E-state index in [2.05, 4.69) is 62.0 Å². The molecule has 1 aliphatic heterocycles. The van der Waals surface area contributed by atoms with Crippen molar-refractivity contribution < 1.29 is 10.2 Å². The first-order valence-electron chi connectivity index (χ1n) is 12.6. The predicted octanol–water partition coefficient (Wildman–Crippen LogP) is 4.21. The summed E-state index contributed by atoms with van der Waals surface area (Å²) >= 11 is 0. The van der Waals surface area contributed by atoms with Gasteiger partial charge in [0.05, 0.1) is 6.04 Å². The van der Waals surface area contributed by atoms with Crippen LogP contribution in [0.1, 0.15) is 81.9 Å². The molecule has 0 radical (unpaired) electrons. The molecule has 1 saturated carbocycles. The number of benzene rings is 1. The maximum atomic E-state index is 12.5. The normalized spacial score (nSPS) is 20.0. The number of aliphatic hydroxyl groups is 2. The van der Waals surface area contributed by atoms with Crippen LogP contribution in [0.2, 0.25) is 0 Å². The Balaban J connectivity index is 1.60. The van der Waals surface area contributed by atoms with E-state index < -0.39 is 11.2 Å². The van der Waals surface area contributed by atoms with E-state index in [1.54, 1.807) is 26.2 Å². The first-order chi connectivity index (χ1) is 16.4. The second-order valence-electron chi connectivity index (χ2n) is 11.7. The van der Waals surface area contributed by atoms with Gasteiger partial charge in [0.1, 0.15) is 11.2 Å². The fourth-order valence-corrected chi connectivity index (χ4v) is 5.54. The highest BCUT2D eigenvalue weighted by atomic mass is 16.3. The smallest absolute Gasteiger partial charge is 0.183 e. The second-order valence-corrected chi connectivity index (χ2v) is 11.7. The molecule has 1 aliphatic carbocycles. The van der Waals surface area contributed by atoms with Crippen molar-refractivity contribution in [1.29, 1.82) is 0 Å². The van der Waals surface area contributed by atoms with Gasteiger partial charge in [0.2, 0.25) is 0 Å². The Kier molecular flexibility index (Phi) is 5.66. The number of pyridine rings is 1. The molecule has 7 heteroatoms. The number of nitrogens with zero attached hydrogens (tertiary/aromatic N) is 5. The fraction of sp³-hybridized carbons (Fsp3) is 0.536. The molecule has 2 aliphatic rings. The SMILES string of the molecule is CC(C)c1ccc(C(O)(c2cncc(-c3nc(C(C)(C)O)n(C4CC4)n3)c2)C2(C)CN(C)C2)cc1. The molecule has 3 heterocycles. The molecule has 1 atom stereocenters. The summed E-state index contributed by atoms with van der Waals surface area (Å²) in [5.74, 6) is 1.51. The number of rotatable bonds is 7. The van der Waals surface area contributed by atoms with Crippen LogP contribution in [0.25, 0.3) is 11.4 Å². The van der Waals surface area contributed by atoms with Crippen LogP contribution in [0.15, 0.2) is 42.7 Å². The summed E-state index contributed by atoms with van der Waals surface area (Å²) < 4.78 is 1.86. The maximum Gasteiger partial charge on any atom is 0.183 e. The molecule has 2 aromatic heterocycles. The average Bonchev–Trinajstić information content (AvgIpc) is 3.54. The summed E-state index contributed by atoms with van der Waals surface area (Å²) in [6.45, 7) is 11.5. The summed E-state index contributed by atoms with van der Waals surface area (Å²) in [6, 6.07) is 10.6. The maximum absolute atomic E-state index is 12.5. The van der Waals surface area contributed by atoms with E-state index in [1.807, 2.05) is 10.7 Å². The Bertz CT molecular complexity index is 1220. The molecule has 35 heavy (non-hydrogen) atoms. The van der Waals surface area contributed by atoms with Gasteiger partial charge in [0, 0.05) is 42.0 Å². The molecule has 1 aromatic carbocycles. The van der Waals surface area contributed by atoms with Gasteiger partial charge in [-0.05, 0) is 56.8 Å². The third kappa shape index (κ3) is 4.09. The lowest BCUT2D eigenvalue weighted by Gasteiger charge is -2.55. The van der Waals surface area contributed by atoms with E-state index in [9.17, 15) is 10.2 Å². The van der Waals surface area contributed by atoms with Gasteiger partial charge in [-0.1, -0.05) is 45.0 Å². The van der Waals surface area contributed by atoms with Crippen LogP contribution in [0.3, 0.4) is 0 Å². The van der Waals surface area contributed by atoms with Gasteiger partial charge >= 0.3 is 0 Å². The van der Waals surface area contributed by atoms with Crippen LogP contribution in [0, 0.1) is 5.41 Å². The van der Waals surface area contributed by atoms with Crippen molar-refractivity contribution in [3.63, 3.8) is 0 Å². The molecule has 2 fully saturated rings. The molecule has 0 amide bonds. The van der Waals surface area contributed by atoms with E-state index in [1.165, 1.54) is 5.56 Å². The van der Waals surface area contributed by atoms with Gasteiger partial charge in [0.25, 0.3) is 0 Å². The Hall–Kier alpha value is -2.61. The van der Waals surface area contributed by atoms with Crippen molar-refractivity contribution in [1.82, 2.24) is 24.6 Å².